The lowest BCUT2D eigenvalue weighted by Crippen LogP contribution is -2.58. The first-order valence-electron chi connectivity index (χ1n) is 8.66. The molecule has 4 heteroatoms. The van der Waals surface area contributed by atoms with Gasteiger partial charge in [0.05, 0.1) is 12.2 Å². The maximum atomic E-state index is 12.5. The van der Waals surface area contributed by atoms with Gasteiger partial charge in [0.25, 0.3) is 0 Å². The van der Waals surface area contributed by atoms with E-state index in [1.54, 1.807) is 0 Å². The van der Waals surface area contributed by atoms with Gasteiger partial charge in [-0.1, -0.05) is 48.5 Å². The van der Waals surface area contributed by atoms with Gasteiger partial charge in [-0.25, -0.2) is 0 Å². The Morgan fingerprint density at radius 1 is 0.917 bits per heavy atom. The molecule has 2 aliphatic heterocycles. The maximum absolute atomic E-state index is 12.5. The highest BCUT2D eigenvalue weighted by Gasteiger charge is 2.46. The van der Waals surface area contributed by atoms with E-state index in [1.165, 1.54) is 11.3 Å². The summed E-state index contributed by atoms with van der Waals surface area (Å²) in [4.78, 5) is 16.9. The fourth-order valence-corrected chi connectivity index (χ4v) is 3.90. The molecule has 2 aliphatic rings. The summed E-state index contributed by atoms with van der Waals surface area (Å²) >= 11 is 0. The van der Waals surface area contributed by atoms with Crippen LogP contribution in [0.15, 0.2) is 60.7 Å². The lowest BCUT2D eigenvalue weighted by Gasteiger charge is -2.45. The van der Waals surface area contributed by atoms with Crippen molar-refractivity contribution >= 4 is 11.6 Å². The molecule has 2 saturated heterocycles. The third-order valence-corrected chi connectivity index (χ3v) is 5.28. The van der Waals surface area contributed by atoms with Gasteiger partial charge in [-0.2, -0.15) is 0 Å². The van der Waals surface area contributed by atoms with Crippen molar-refractivity contribution in [3.8, 4) is 0 Å². The van der Waals surface area contributed by atoms with Gasteiger partial charge in [0.15, 0.2) is 0 Å². The zero-order chi connectivity index (χ0) is 16.4. The number of nitrogens with zero attached hydrogens (tertiary/aromatic N) is 2. The van der Waals surface area contributed by atoms with E-state index in [2.05, 4.69) is 51.5 Å². The molecule has 0 radical (unpaired) electrons. The van der Waals surface area contributed by atoms with Crippen molar-refractivity contribution in [3.05, 3.63) is 66.2 Å². The largest absolute Gasteiger partial charge is 0.371 e. The normalized spacial score (nSPS) is 19.9. The Bertz CT molecular complexity index is 693. The molecule has 0 unspecified atom stereocenters. The van der Waals surface area contributed by atoms with Crippen LogP contribution in [0.1, 0.15) is 18.4 Å². The summed E-state index contributed by atoms with van der Waals surface area (Å²) in [5, 5.41) is 3.51. The van der Waals surface area contributed by atoms with Gasteiger partial charge in [0.2, 0.25) is 5.91 Å². The van der Waals surface area contributed by atoms with Crippen LogP contribution in [0.3, 0.4) is 0 Å². The summed E-state index contributed by atoms with van der Waals surface area (Å²) < 4.78 is 0. The SMILES string of the molecule is O=C1CNC2(CCN(c3ccccc3)CC2)N1Cc1ccccc1. The number of amides is 1. The molecule has 0 aliphatic carbocycles. The first-order valence-corrected chi connectivity index (χ1v) is 8.66. The van der Waals surface area contributed by atoms with E-state index in [1.807, 2.05) is 24.3 Å². The lowest BCUT2D eigenvalue weighted by molar-refractivity contribution is -0.131. The predicted molar refractivity (Wildman–Crippen MR) is 95.6 cm³/mol. The van der Waals surface area contributed by atoms with E-state index in [4.69, 9.17) is 0 Å². The summed E-state index contributed by atoms with van der Waals surface area (Å²) in [7, 11) is 0. The Morgan fingerprint density at radius 3 is 2.21 bits per heavy atom. The number of nitrogens with one attached hydrogen (secondary N) is 1. The fourth-order valence-electron chi connectivity index (χ4n) is 3.90. The molecule has 0 saturated carbocycles. The van der Waals surface area contributed by atoms with Gasteiger partial charge in [-0.3, -0.25) is 10.1 Å². The molecule has 0 aromatic heterocycles. The average Bonchev–Trinajstić information content (AvgIpc) is 2.94. The highest BCUT2D eigenvalue weighted by atomic mass is 16.2. The van der Waals surface area contributed by atoms with Crippen molar-refractivity contribution in [3.63, 3.8) is 0 Å². The van der Waals surface area contributed by atoms with Crippen LogP contribution in [0.25, 0.3) is 0 Å². The van der Waals surface area contributed by atoms with Crippen LogP contribution in [-0.4, -0.2) is 36.1 Å². The quantitative estimate of drug-likeness (QED) is 0.944. The molecule has 1 N–H and O–H groups in total. The first-order chi connectivity index (χ1) is 11.8. The Morgan fingerprint density at radius 2 is 1.54 bits per heavy atom. The van der Waals surface area contributed by atoms with Crippen LogP contribution in [0.4, 0.5) is 5.69 Å². The summed E-state index contributed by atoms with van der Waals surface area (Å²) in [6.45, 7) is 3.08. The monoisotopic (exact) mass is 321 g/mol. The molecule has 0 bridgehead atoms. The van der Waals surface area contributed by atoms with E-state index in [0.29, 0.717) is 13.1 Å². The van der Waals surface area contributed by atoms with Crippen LogP contribution in [0, 0.1) is 0 Å². The van der Waals surface area contributed by atoms with Crippen LogP contribution < -0.4 is 10.2 Å². The van der Waals surface area contributed by atoms with Crippen molar-refractivity contribution in [2.24, 2.45) is 0 Å². The molecule has 24 heavy (non-hydrogen) atoms. The molecular weight excluding hydrogens is 298 g/mol. The van der Waals surface area contributed by atoms with Crippen LogP contribution >= 0.6 is 0 Å². The van der Waals surface area contributed by atoms with Crippen LogP contribution in [0.2, 0.25) is 0 Å². The van der Waals surface area contributed by atoms with E-state index in [9.17, 15) is 4.79 Å². The number of hydrogen-bond donors (Lipinski definition) is 1. The van der Waals surface area contributed by atoms with Crippen LogP contribution in [-0.2, 0) is 11.3 Å². The molecular formula is C20H23N3O. The van der Waals surface area contributed by atoms with Crippen molar-refractivity contribution in [2.75, 3.05) is 24.5 Å². The predicted octanol–water partition coefficient (Wildman–Crippen LogP) is 2.62. The molecule has 2 heterocycles. The Hall–Kier alpha value is -2.33. The molecule has 124 valence electrons. The molecule has 1 spiro atoms. The minimum Gasteiger partial charge on any atom is -0.371 e. The second kappa shape index (κ2) is 6.29. The summed E-state index contributed by atoms with van der Waals surface area (Å²) in [6.07, 6.45) is 1.92. The van der Waals surface area contributed by atoms with Crippen molar-refractivity contribution in [1.29, 1.82) is 0 Å². The molecule has 2 fully saturated rings. The summed E-state index contributed by atoms with van der Waals surface area (Å²) in [6, 6.07) is 20.8. The number of para-hydroxylation sites is 1. The van der Waals surface area contributed by atoms with Gasteiger partial charge < -0.3 is 9.80 Å². The van der Waals surface area contributed by atoms with E-state index in [0.717, 1.165) is 25.9 Å². The average molecular weight is 321 g/mol. The standard InChI is InChI=1S/C20H23N3O/c24-19-15-21-20(23(19)16-17-7-3-1-4-8-17)11-13-22(14-12-20)18-9-5-2-6-10-18/h1-10,21H,11-16H2. The number of hydrogen-bond acceptors (Lipinski definition) is 3. The third-order valence-electron chi connectivity index (χ3n) is 5.28. The molecule has 2 aromatic carbocycles. The van der Waals surface area contributed by atoms with Crippen molar-refractivity contribution in [1.82, 2.24) is 10.2 Å². The topological polar surface area (TPSA) is 35.6 Å². The zero-order valence-corrected chi connectivity index (χ0v) is 13.8. The van der Waals surface area contributed by atoms with Gasteiger partial charge in [0.1, 0.15) is 0 Å². The summed E-state index contributed by atoms with van der Waals surface area (Å²) in [5.41, 5.74) is 2.28. The number of anilines is 1. The Labute approximate surface area is 143 Å². The maximum Gasteiger partial charge on any atom is 0.238 e. The molecule has 4 rings (SSSR count). The smallest absolute Gasteiger partial charge is 0.238 e. The second-order valence-electron chi connectivity index (χ2n) is 6.67. The number of carbonyl (C=O) groups is 1. The minimum atomic E-state index is -0.182. The lowest BCUT2D eigenvalue weighted by atomic mass is 9.95. The van der Waals surface area contributed by atoms with Crippen molar-refractivity contribution in [2.45, 2.75) is 25.0 Å². The zero-order valence-electron chi connectivity index (χ0n) is 13.8. The van der Waals surface area contributed by atoms with Gasteiger partial charge in [-0.05, 0) is 17.7 Å². The van der Waals surface area contributed by atoms with E-state index in [-0.39, 0.29) is 11.6 Å². The number of rotatable bonds is 3. The number of carbonyl (C=O) groups excluding carboxylic acids is 1. The van der Waals surface area contributed by atoms with Crippen molar-refractivity contribution < 1.29 is 4.79 Å². The summed E-state index contributed by atoms with van der Waals surface area (Å²) in [5.74, 6) is 0.215. The molecule has 4 nitrogen and oxygen atoms in total. The van der Waals surface area contributed by atoms with Gasteiger partial charge in [-0.15, -0.1) is 0 Å². The van der Waals surface area contributed by atoms with E-state index >= 15 is 0 Å². The first kappa shape index (κ1) is 15.2. The molecule has 0 atom stereocenters. The van der Waals surface area contributed by atoms with Gasteiger partial charge in [0, 0.05) is 38.2 Å². The Balaban J connectivity index is 1.49. The molecule has 1 amide bonds. The molecule has 2 aromatic rings. The fraction of sp³-hybridized carbons (Fsp3) is 0.350. The second-order valence-corrected chi connectivity index (χ2v) is 6.67. The minimum absolute atomic E-state index is 0.182. The third kappa shape index (κ3) is 2.78. The number of benzene rings is 2. The van der Waals surface area contributed by atoms with Crippen LogP contribution in [0.5, 0.6) is 0 Å². The highest BCUT2D eigenvalue weighted by Crippen LogP contribution is 2.33. The highest BCUT2D eigenvalue weighted by molar-refractivity contribution is 5.81. The Kier molecular flexibility index (Phi) is 3.98. The van der Waals surface area contributed by atoms with E-state index < -0.39 is 0 Å². The number of piperidine rings is 1. The van der Waals surface area contributed by atoms with Gasteiger partial charge >= 0.3 is 0 Å².